The van der Waals surface area contributed by atoms with E-state index < -0.39 is 12.3 Å². The van der Waals surface area contributed by atoms with Crippen molar-refractivity contribution in [2.24, 2.45) is 11.3 Å². The highest BCUT2D eigenvalue weighted by Gasteiger charge is 2.75. The molecule has 1 N–H and O–H groups in total. The van der Waals surface area contributed by atoms with Crippen LogP contribution in [0, 0.1) is 22.7 Å². The molecular weight excluding hydrogens is 412 g/mol. The Labute approximate surface area is 184 Å². The number of fused-ring (bicyclic) bond motifs is 1. The summed E-state index contributed by atoms with van der Waals surface area (Å²) in [6, 6.07) is 10.5. The van der Waals surface area contributed by atoms with E-state index >= 15 is 0 Å². The van der Waals surface area contributed by atoms with Crippen molar-refractivity contribution >= 4 is 22.7 Å². The van der Waals surface area contributed by atoms with Crippen molar-refractivity contribution in [3.63, 3.8) is 0 Å². The van der Waals surface area contributed by atoms with Crippen molar-refractivity contribution in [1.82, 2.24) is 19.7 Å². The van der Waals surface area contributed by atoms with Crippen LogP contribution in [0.25, 0.3) is 16.7 Å². The van der Waals surface area contributed by atoms with E-state index in [2.05, 4.69) is 32.5 Å². The Morgan fingerprint density at radius 1 is 1.22 bits per heavy atom. The van der Waals surface area contributed by atoms with Gasteiger partial charge in [-0.05, 0) is 42.7 Å². The van der Waals surface area contributed by atoms with Crippen molar-refractivity contribution in [1.29, 1.82) is 5.26 Å². The van der Waals surface area contributed by atoms with Crippen molar-refractivity contribution in [2.75, 3.05) is 30.4 Å². The van der Waals surface area contributed by atoms with E-state index in [1.807, 2.05) is 17.0 Å². The monoisotopic (exact) mass is 435 g/mol. The number of hydrogen-bond donors (Lipinski definition) is 1. The zero-order valence-corrected chi connectivity index (χ0v) is 17.7. The molecule has 3 fully saturated rings. The number of anilines is 2. The van der Waals surface area contributed by atoms with Crippen LogP contribution < -0.4 is 10.2 Å². The molecule has 1 spiro atoms. The molecule has 3 aromatic rings. The average molecular weight is 435 g/mol. The van der Waals surface area contributed by atoms with Gasteiger partial charge in [0.1, 0.15) is 5.82 Å². The Morgan fingerprint density at radius 2 is 2.03 bits per heavy atom. The lowest BCUT2D eigenvalue weighted by atomic mass is 9.93. The van der Waals surface area contributed by atoms with Gasteiger partial charge in [0.25, 0.3) is 0 Å². The zero-order valence-electron chi connectivity index (χ0n) is 17.7. The standard InChI is InChI=1S/C23H23F2N7/c1-27-21-29-18(31-7-4-15(11-31)20(24)25)9-19(30-21)32-17-8-16(3-2-14(17)10-28-32)23(13-26)12-22(23)5-6-22/h2-3,8-10,15,20H,4-7,11-12H2,1H3,(H,27,29,30). The highest BCUT2D eigenvalue weighted by molar-refractivity contribution is 5.82. The minimum atomic E-state index is -2.33. The first-order chi connectivity index (χ1) is 15.5. The van der Waals surface area contributed by atoms with Crippen LogP contribution in [0.2, 0.25) is 0 Å². The van der Waals surface area contributed by atoms with Crippen LogP contribution in [0.1, 0.15) is 31.2 Å². The normalized spacial score (nSPS) is 25.5. The maximum atomic E-state index is 13.2. The maximum Gasteiger partial charge on any atom is 0.243 e. The molecule has 0 bridgehead atoms. The molecule has 2 aliphatic carbocycles. The third-order valence-electron chi connectivity index (χ3n) is 7.54. The van der Waals surface area contributed by atoms with Gasteiger partial charge in [-0.1, -0.05) is 12.1 Å². The van der Waals surface area contributed by atoms with Crippen LogP contribution in [0.3, 0.4) is 0 Å². The van der Waals surface area contributed by atoms with Crippen LogP contribution in [-0.2, 0) is 5.41 Å². The van der Waals surface area contributed by atoms with Gasteiger partial charge in [-0.3, -0.25) is 0 Å². The second-order valence-corrected chi connectivity index (χ2v) is 9.29. The number of hydrogen-bond acceptors (Lipinski definition) is 6. The van der Waals surface area contributed by atoms with Gasteiger partial charge in [-0.25, -0.2) is 13.5 Å². The van der Waals surface area contributed by atoms with E-state index in [9.17, 15) is 14.0 Å². The summed E-state index contributed by atoms with van der Waals surface area (Å²) < 4.78 is 28.1. The van der Waals surface area contributed by atoms with Crippen molar-refractivity contribution in [3.8, 4) is 11.9 Å². The lowest BCUT2D eigenvalue weighted by molar-refractivity contribution is 0.0880. The van der Waals surface area contributed by atoms with Crippen molar-refractivity contribution < 1.29 is 8.78 Å². The Hall–Kier alpha value is -3.28. The van der Waals surface area contributed by atoms with E-state index in [0.717, 1.165) is 35.7 Å². The summed E-state index contributed by atoms with van der Waals surface area (Å²) >= 11 is 0. The molecule has 164 valence electrons. The number of halogens is 2. The van der Waals surface area contributed by atoms with E-state index in [1.165, 1.54) is 0 Å². The molecule has 9 heteroatoms. The molecule has 0 radical (unpaired) electrons. The Balaban J connectivity index is 1.41. The lowest BCUT2D eigenvalue weighted by Gasteiger charge is -2.19. The van der Waals surface area contributed by atoms with Gasteiger partial charge in [-0.15, -0.1) is 0 Å². The minimum Gasteiger partial charge on any atom is -0.357 e. The Kier molecular flexibility index (Phi) is 4.01. The second-order valence-electron chi connectivity index (χ2n) is 9.29. The van der Waals surface area contributed by atoms with E-state index in [1.54, 1.807) is 24.0 Å². The molecule has 0 amide bonds. The molecule has 1 aromatic carbocycles. The van der Waals surface area contributed by atoms with E-state index in [0.29, 0.717) is 30.5 Å². The van der Waals surface area contributed by atoms with Crippen LogP contribution >= 0.6 is 0 Å². The topological polar surface area (TPSA) is 82.7 Å². The van der Waals surface area contributed by atoms with E-state index in [-0.39, 0.29) is 17.4 Å². The first kappa shape index (κ1) is 19.4. The summed E-state index contributed by atoms with van der Waals surface area (Å²) in [5.41, 5.74) is 1.70. The first-order valence-corrected chi connectivity index (χ1v) is 11.0. The van der Waals surface area contributed by atoms with Crippen LogP contribution in [0.15, 0.2) is 30.5 Å². The quantitative estimate of drug-likeness (QED) is 0.655. The fourth-order valence-corrected chi connectivity index (χ4v) is 5.32. The molecule has 1 aliphatic heterocycles. The molecule has 6 rings (SSSR count). The van der Waals surface area contributed by atoms with E-state index in [4.69, 9.17) is 0 Å². The number of nitriles is 1. The molecule has 7 nitrogen and oxygen atoms in total. The molecule has 1 saturated heterocycles. The number of nitrogens with one attached hydrogen (secondary N) is 1. The summed E-state index contributed by atoms with van der Waals surface area (Å²) in [7, 11) is 1.73. The first-order valence-electron chi connectivity index (χ1n) is 11.0. The zero-order chi connectivity index (χ0) is 22.1. The van der Waals surface area contributed by atoms with Gasteiger partial charge in [-0.2, -0.15) is 20.3 Å². The fraction of sp³-hybridized carbons (Fsp3) is 0.478. The van der Waals surface area contributed by atoms with Crippen LogP contribution in [0.5, 0.6) is 0 Å². The summed E-state index contributed by atoms with van der Waals surface area (Å²) in [6.45, 7) is 0.805. The van der Waals surface area contributed by atoms with Gasteiger partial charge in [0, 0.05) is 37.5 Å². The molecular formula is C23H23F2N7. The average Bonchev–Trinajstić information content (AvgIpc) is 3.56. The highest BCUT2D eigenvalue weighted by Crippen LogP contribution is 2.78. The second kappa shape index (κ2) is 6.61. The largest absolute Gasteiger partial charge is 0.357 e. The van der Waals surface area contributed by atoms with Gasteiger partial charge in [0.05, 0.1) is 23.2 Å². The van der Waals surface area contributed by atoms with Crippen molar-refractivity contribution in [2.45, 2.75) is 37.5 Å². The summed E-state index contributed by atoms with van der Waals surface area (Å²) in [5, 5.41) is 18.4. The Morgan fingerprint density at radius 3 is 2.69 bits per heavy atom. The molecule has 32 heavy (non-hydrogen) atoms. The van der Waals surface area contributed by atoms with Gasteiger partial charge in [0.15, 0.2) is 5.82 Å². The number of rotatable bonds is 5. The summed E-state index contributed by atoms with van der Waals surface area (Å²) in [4.78, 5) is 11.0. The van der Waals surface area contributed by atoms with Crippen LogP contribution in [0.4, 0.5) is 20.5 Å². The summed E-state index contributed by atoms with van der Waals surface area (Å²) in [5.74, 6) is 0.935. The van der Waals surface area contributed by atoms with Crippen LogP contribution in [-0.4, -0.2) is 46.3 Å². The van der Waals surface area contributed by atoms with Crippen molar-refractivity contribution in [3.05, 3.63) is 36.0 Å². The van der Waals surface area contributed by atoms with Gasteiger partial charge in [0.2, 0.25) is 12.4 Å². The highest BCUT2D eigenvalue weighted by atomic mass is 19.3. The predicted molar refractivity (Wildman–Crippen MR) is 116 cm³/mol. The third kappa shape index (κ3) is 2.71. The molecule has 2 unspecified atom stereocenters. The Bertz CT molecular complexity index is 1260. The number of benzene rings is 1. The fourth-order valence-electron chi connectivity index (χ4n) is 5.32. The molecule has 2 saturated carbocycles. The molecule has 2 atom stereocenters. The third-order valence-corrected chi connectivity index (χ3v) is 7.54. The minimum absolute atomic E-state index is 0.179. The lowest BCUT2D eigenvalue weighted by Crippen LogP contribution is -2.23. The molecule has 3 aliphatic rings. The molecule has 3 heterocycles. The number of alkyl halides is 2. The van der Waals surface area contributed by atoms with Gasteiger partial charge >= 0.3 is 0 Å². The van der Waals surface area contributed by atoms with Gasteiger partial charge < -0.3 is 10.2 Å². The molecule has 2 aromatic heterocycles. The maximum absolute atomic E-state index is 13.2. The summed E-state index contributed by atoms with van der Waals surface area (Å²) in [6.07, 6.45) is 3.06. The SMILES string of the molecule is CNc1nc(N2CCC(C(F)F)C2)cc(-n2ncc3ccc(C4(C#N)CC45CC5)cc32)n1. The predicted octanol–water partition coefficient (Wildman–Crippen LogP) is 3.89. The number of nitrogens with zero attached hydrogens (tertiary/aromatic N) is 6. The number of aromatic nitrogens is 4. The smallest absolute Gasteiger partial charge is 0.243 e.